The average Bonchev–Trinajstić information content (AvgIpc) is 3.02. The number of likely N-dealkylation sites (tertiary alicyclic amines) is 1. The molecule has 2 aromatic heterocycles. The number of carbonyl (C=O) groups is 2. The van der Waals surface area contributed by atoms with Gasteiger partial charge in [0.2, 0.25) is 5.91 Å². The number of nitrogens with two attached hydrogens (primary N) is 1. The molecule has 0 atom stereocenters. The minimum Gasteiger partial charge on any atom is -0.463 e. The summed E-state index contributed by atoms with van der Waals surface area (Å²) >= 11 is 0. The quantitative estimate of drug-likeness (QED) is 0.891. The lowest BCUT2D eigenvalue weighted by atomic mass is 9.96. The van der Waals surface area contributed by atoms with E-state index in [2.05, 4.69) is 0 Å². The van der Waals surface area contributed by atoms with Crippen molar-refractivity contribution < 1.29 is 14.0 Å². The Kier molecular flexibility index (Phi) is 3.00. The summed E-state index contributed by atoms with van der Waals surface area (Å²) in [6, 6.07) is 3.60. The molecule has 3 heterocycles. The van der Waals surface area contributed by atoms with Crippen molar-refractivity contribution in [3.8, 4) is 0 Å². The fourth-order valence-corrected chi connectivity index (χ4v) is 2.78. The number of amides is 2. The highest BCUT2D eigenvalue weighted by atomic mass is 16.3. The number of piperidine rings is 1. The Morgan fingerprint density at radius 3 is 2.65 bits per heavy atom. The number of primary amides is 1. The van der Waals surface area contributed by atoms with Gasteiger partial charge < -0.3 is 19.6 Å². The zero-order chi connectivity index (χ0) is 14.3. The lowest BCUT2D eigenvalue weighted by Gasteiger charge is -2.30. The van der Waals surface area contributed by atoms with Gasteiger partial charge in [-0.25, -0.2) is 0 Å². The monoisotopic (exact) mass is 275 g/mol. The van der Waals surface area contributed by atoms with Crippen molar-refractivity contribution in [2.75, 3.05) is 13.1 Å². The number of rotatable bonds is 2. The molecule has 0 saturated carbocycles. The van der Waals surface area contributed by atoms with Crippen LogP contribution >= 0.6 is 0 Å². The Morgan fingerprint density at radius 2 is 2.05 bits per heavy atom. The van der Waals surface area contributed by atoms with Crippen LogP contribution in [-0.2, 0) is 11.8 Å². The zero-order valence-electron chi connectivity index (χ0n) is 11.3. The van der Waals surface area contributed by atoms with Crippen molar-refractivity contribution in [2.45, 2.75) is 12.8 Å². The highest BCUT2D eigenvalue weighted by Crippen LogP contribution is 2.23. The fourth-order valence-electron chi connectivity index (χ4n) is 2.78. The SMILES string of the molecule is Cn1c(C(=O)N2CCC(C(N)=O)CC2)cc2occc21. The predicted octanol–water partition coefficient (Wildman–Crippen LogP) is 1.11. The van der Waals surface area contributed by atoms with Crippen molar-refractivity contribution in [3.05, 3.63) is 24.1 Å². The Labute approximate surface area is 116 Å². The van der Waals surface area contributed by atoms with Crippen molar-refractivity contribution in [1.29, 1.82) is 0 Å². The van der Waals surface area contributed by atoms with Gasteiger partial charge in [0.15, 0.2) is 5.58 Å². The van der Waals surface area contributed by atoms with Gasteiger partial charge in [-0.3, -0.25) is 9.59 Å². The van der Waals surface area contributed by atoms with Crippen LogP contribution < -0.4 is 5.73 Å². The van der Waals surface area contributed by atoms with Crippen LogP contribution in [0.25, 0.3) is 11.1 Å². The first-order valence-corrected chi connectivity index (χ1v) is 6.69. The van der Waals surface area contributed by atoms with Crippen molar-refractivity contribution in [2.24, 2.45) is 18.7 Å². The van der Waals surface area contributed by atoms with Crippen LogP contribution in [0.3, 0.4) is 0 Å². The summed E-state index contributed by atoms with van der Waals surface area (Å²) in [5.41, 5.74) is 7.52. The number of hydrogen-bond donors (Lipinski definition) is 1. The molecule has 2 aromatic rings. The average molecular weight is 275 g/mol. The van der Waals surface area contributed by atoms with Crippen LogP contribution in [0.2, 0.25) is 0 Å². The molecule has 1 saturated heterocycles. The number of carbonyl (C=O) groups excluding carboxylic acids is 2. The van der Waals surface area contributed by atoms with E-state index in [0.717, 1.165) is 5.52 Å². The molecule has 0 radical (unpaired) electrons. The van der Waals surface area contributed by atoms with Gasteiger partial charge in [-0.2, -0.15) is 0 Å². The first-order chi connectivity index (χ1) is 9.58. The van der Waals surface area contributed by atoms with E-state index in [4.69, 9.17) is 10.2 Å². The maximum atomic E-state index is 12.5. The Morgan fingerprint density at radius 1 is 1.35 bits per heavy atom. The second-order valence-electron chi connectivity index (χ2n) is 5.23. The highest BCUT2D eigenvalue weighted by Gasteiger charge is 2.28. The minimum atomic E-state index is -0.270. The van der Waals surface area contributed by atoms with Crippen molar-refractivity contribution >= 4 is 22.9 Å². The van der Waals surface area contributed by atoms with Gasteiger partial charge in [0, 0.05) is 38.2 Å². The molecule has 0 bridgehead atoms. The summed E-state index contributed by atoms with van der Waals surface area (Å²) in [6.07, 6.45) is 2.89. The summed E-state index contributed by atoms with van der Waals surface area (Å²) in [4.78, 5) is 25.4. The molecule has 0 aliphatic carbocycles. The molecular weight excluding hydrogens is 258 g/mol. The van der Waals surface area contributed by atoms with Crippen molar-refractivity contribution in [1.82, 2.24) is 9.47 Å². The van der Waals surface area contributed by atoms with E-state index in [1.54, 1.807) is 17.2 Å². The maximum absolute atomic E-state index is 12.5. The molecule has 6 nitrogen and oxygen atoms in total. The topological polar surface area (TPSA) is 81.5 Å². The smallest absolute Gasteiger partial charge is 0.270 e. The Bertz CT molecular complexity index is 662. The van der Waals surface area contributed by atoms with Gasteiger partial charge in [0.25, 0.3) is 5.91 Å². The van der Waals surface area contributed by atoms with Crippen LogP contribution in [0.1, 0.15) is 23.3 Å². The number of aryl methyl sites for hydroxylation is 1. The molecular formula is C14H17N3O3. The molecule has 20 heavy (non-hydrogen) atoms. The molecule has 1 aliphatic heterocycles. The molecule has 1 aliphatic rings. The predicted molar refractivity (Wildman–Crippen MR) is 73.0 cm³/mol. The third-order valence-corrected chi connectivity index (χ3v) is 4.07. The van der Waals surface area contributed by atoms with Crippen LogP contribution in [0, 0.1) is 5.92 Å². The molecule has 6 heteroatoms. The first-order valence-electron chi connectivity index (χ1n) is 6.69. The van der Waals surface area contributed by atoms with E-state index in [-0.39, 0.29) is 17.7 Å². The van der Waals surface area contributed by atoms with Gasteiger partial charge in [-0.15, -0.1) is 0 Å². The Hall–Kier alpha value is -2.24. The zero-order valence-corrected chi connectivity index (χ0v) is 11.3. The van der Waals surface area contributed by atoms with Crippen LogP contribution in [0.15, 0.2) is 22.8 Å². The maximum Gasteiger partial charge on any atom is 0.270 e. The third kappa shape index (κ3) is 1.97. The fraction of sp³-hybridized carbons (Fsp3) is 0.429. The first kappa shape index (κ1) is 12.8. The van der Waals surface area contributed by atoms with Gasteiger partial charge >= 0.3 is 0 Å². The number of aromatic nitrogens is 1. The summed E-state index contributed by atoms with van der Waals surface area (Å²) < 4.78 is 7.15. The minimum absolute atomic E-state index is 0.0261. The summed E-state index contributed by atoms with van der Waals surface area (Å²) in [5.74, 6) is -0.404. The number of fused-ring (bicyclic) bond motifs is 1. The van der Waals surface area contributed by atoms with Crippen LogP contribution in [0.5, 0.6) is 0 Å². The van der Waals surface area contributed by atoms with Crippen molar-refractivity contribution in [3.63, 3.8) is 0 Å². The van der Waals surface area contributed by atoms with Crippen LogP contribution in [-0.4, -0.2) is 34.4 Å². The molecule has 1 fully saturated rings. The van der Waals surface area contributed by atoms with E-state index in [1.165, 1.54) is 0 Å². The van der Waals surface area contributed by atoms with E-state index in [1.807, 2.05) is 17.7 Å². The van der Waals surface area contributed by atoms with Gasteiger partial charge in [-0.05, 0) is 12.8 Å². The molecule has 2 amide bonds. The van der Waals surface area contributed by atoms with E-state index >= 15 is 0 Å². The molecule has 3 rings (SSSR count). The second kappa shape index (κ2) is 4.70. The van der Waals surface area contributed by atoms with Crippen LogP contribution in [0.4, 0.5) is 0 Å². The van der Waals surface area contributed by atoms with E-state index in [9.17, 15) is 9.59 Å². The molecule has 106 valence electrons. The molecule has 0 aromatic carbocycles. The van der Waals surface area contributed by atoms with Gasteiger partial charge in [0.05, 0.1) is 11.8 Å². The largest absolute Gasteiger partial charge is 0.463 e. The number of nitrogens with zero attached hydrogens (tertiary/aromatic N) is 2. The lowest BCUT2D eigenvalue weighted by Crippen LogP contribution is -2.42. The Balaban J connectivity index is 1.78. The van der Waals surface area contributed by atoms with E-state index < -0.39 is 0 Å². The normalized spacial score (nSPS) is 16.8. The lowest BCUT2D eigenvalue weighted by molar-refractivity contribution is -0.123. The molecule has 0 spiro atoms. The number of furan rings is 1. The van der Waals surface area contributed by atoms with Gasteiger partial charge in [0.1, 0.15) is 5.69 Å². The van der Waals surface area contributed by atoms with E-state index in [0.29, 0.717) is 37.2 Å². The third-order valence-electron chi connectivity index (χ3n) is 4.07. The number of hydrogen-bond acceptors (Lipinski definition) is 3. The highest BCUT2D eigenvalue weighted by molar-refractivity contribution is 5.97. The standard InChI is InChI=1S/C14H17N3O3/c1-16-10-4-7-20-12(10)8-11(16)14(19)17-5-2-9(3-6-17)13(15)18/h4,7-9H,2-3,5-6H2,1H3,(H2,15,18). The summed E-state index contributed by atoms with van der Waals surface area (Å²) in [7, 11) is 1.85. The summed E-state index contributed by atoms with van der Waals surface area (Å²) in [6.45, 7) is 1.14. The second-order valence-corrected chi connectivity index (χ2v) is 5.23. The summed E-state index contributed by atoms with van der Waals surface area (Å²) in [5, 5.41) is 0. The molecule has 0 unspecified atom stereocenters. The molecule has 2 N–H and O–H groups in total. The van der Waals surface area contributed by atoms with Gasteiger partial charge in [-0.1, -0.05) is 0 Å².